The average Bonchev–Trinajstić information content (AvgIpc) is 2.90. The van der Waals surface area contributed by atoms with Gasteiger partial charge in [0.25, 0.3) is 0 Å². The van der Waals surface area contributed by atoms with Crippen LogP contribution in [0.3, 0.4) is 0 Å². The summed E-state index contributed by atoms with van der Waals surface area (Å²) < 4.78 is 12.6. The number of ether oxygens (including phenoxy) is 2. The van der Waals surface area contributed by atoms with Crippen molar-refractivity contribution in [2.45, 2.75) is 13.3 Å². The van der Waals surface area contributed by atoms with Gasteiger partial charge < -0.3 is 14.0 Å². The molecule has 0 bridgehead atoms. The number of carbonyl (C=O) groups excluding carboxylic acids is 1. The van der Waals surface area contributed by atoms with Crippen LogP contribution in [-0.4, -0.2) is 24.6 Å². The lowest BCUT2D eigenvalue weighted by molar-refractivity contribution is 0.0987. The van der Waals surface area contributed by atoms with Crippen molar-refractivity contribution in [3.8, 4) is 11.5 Å². The fourth-order valence-corrected chi connectivity index (χ4v) is 2.99. The molecule has 0 fully saturated rings. The minimum absolute atomic E-state index is 0.0866. The maximum atomic E-state index is 12.9. The zero-order valence-corrected chi connectivity index (χ0v) is 14.4. The summed E-state index contributed by atoms with van der Waals surface area (Å²) in [6.07, 6.45) is 2.32. The van der Waals surface area contributed by atoms with Gasteiger partial charge in [-0.05, 0) is 24.6 Å². The Bertz CT molecular complexity index is 891. The van der Waals surface area contributed by atoms with E-state index < -0.39 is 0 Å². The molecular weight excluding hydrogens is 302 g/mol. The summed E-state index contributed by atoms with van der Waals surface area (Å²) in [6.45, 7) is 2.04. The van der Waals surface area contributed by atoms with Gasteiger partial charge in [-0.15, -0.1) is 0 Å². The number of aryl methyl sites for hydroxylation is 2. The molecule has 3 rings (SSSR count). The summed E-state index contributed by atoms with van der Waals surface area (Å²) >= 11 is 0. The molecule has 0 atom stereocenters. The smallest absolute Gasteiger partial charge is 0.184 e. The highest BCUT2D eigenvalue weighted by atomic mass is 16.5. The first-order valence-electron chi connectivity index (χ1n) is 7.83. The van der Waals surface area contributed by atoms with Crippen molar-refractivity contribution < 1.29 is 14.3 Å². The Labute approximate surface area is 141 Å². The minimum Gasteiger partial charge on any atom is -0.493 e. The van der Waals surface area contributed by atoms with Crippen molar-refractivity contribution in [2.24, 2.45) is 7.05 Å². The Kier molecular flexibility index (Phi) is 4.30. The Morgan fingerprint density at radius 1 is 1.04 bits per heavy atom. The second-order valence-corrected chi connectivity index (χ2v) is 5.97. The normalized spacial score (nSPS) is 10.8. The lowest BCUT2D eigenvalue weighted by Gasteiger charge is -2.08. The number of ketones is 1. The van der Waals surface area contributed by atoms with Crippen LogP contribution in [0.2, 0.25) is 0 Å². The molecular formula is C20H21NO3. The summed E-state index contributed by atoms with van der Waals surface area (Å²) in [5.74, 6) is 1.37. The molecule has 4 nitrogen and oxygen atoms in total. The number of Topliss-reactive ketones (excluding diaryl/α,β-unsaturated/α-hetero) is 1. The third-order valence-corrected chi connectivity index (χ3v) is 4.25. The lowest BCUT2D eigenvalue weighted by Crippen LogP contribution is -2.09. The predicted octanol–water partition coefficient (Wildman–Crippen LogP) is 3.93. The van der Waals surface area contributed by atoms with E-state index in [1.807, 2.05) is 61.1 Å². The number of carbonyl (C=O) groups is 1. The molecule has 24 heavy (non-hydrogen) atoms. The van der Waals surface area contributed by atoms with Crippen molar-refractivity contribution >= 4 is 16.6 Å². The van der Waals surface area contributed by atoms with Gasteiger partial charge in [0.15, 0.2) is 17.3 Å². The topological polar surface area (TPSA) is 40.5 Å². The molecule has 0 saturated carbocycles. The van der Waals surface area contributed by atoms with Crippen LogP contribution in [-0.2, 0) is 13.5 Å². The van der Waals surface area contributed by atoms with Crippen LogP contribution in [0.1, 0.15) is 21.6 Å². The molecule has 4 heteroatoms. The maximum absolute atomic E-state index is 12.9. The number of benzene rings is 2. The summed E-state index contributed by atoms with van der Waals surface area (Å²) in [5.41, 5.74) is 2.89. The molecule has 0 unspecified atom stereocenters. The van der Waals surface area contributed by atoms with E-state index >= 15 is 0 Å². The molecule has 0 radical (unpaired) electrons. The van der Waals surface area contributed by atoms with E-state index in [-0.39, 0.29) is 5.78 Å². The van der Waals surface area contributed by atoms with Crippen molar-refractivity contribution in [1.29, 1.82) is 0 Å². The SMILES string of the molecule is COc1cc2cn(C)c(C(=O)Cc3ccc(C)cc3)c2cc1OC. The van der Waals surface area contributed by atoms with E-state index in [2.05, 4.69) is 0 Å². The Hall–Kier alpha value is -2.75. The van der Waals surface area contributed by atoms with E-state index in [1.165, 1.54) is 5.56 Å². The van der Waals surface area contributed by atoms with Gasteiger partial charge in [0, 0.05) is 30.4 Å². The number of hydrogen-bond donors (Lipinski definition) is 0. The summed E-state index contributed by atoms with van der Waals surface area (Å²) in [7, 11) is 5.10. The van der Waals surface area contributed by atoms with Crippen LogP contribution in [0.4, 0.5) is 0 Å². The fourth-order valence-electron chi connectivity index (χ4n) is 2.99. The molecule has 1 aromatic heterocycles. The monoisotopic (exact) mass is 323 g/mol. The van der Waals surface area contributed by atoms with Gasteiger partial charge in [-0.2, -0.15) is 0 Å². The summed E-state index contributed by atoms with van der Waals surface area (Å²) in [4.78, 5) is 12.9. The van der Waals surface area contributed by atoms with Crippen LogP contribution in [0.25, 0.3) is 10.8 Å². The van der Waals surface area contributed by atoms with Gasteiger partial charge >= 0.3 is 0 Å². The second-order valence-electron chi connectivity index (χ2n) is 5.97. The van der Waals surface area contributed by atoms with Gasteiger partial charge in [0.1, 0.15) is 0 Å². The first-order valence-corrected chi connectivity index (χ1v) is 7.83. The summed E-state index contributed by atoms with van der Waals surface area (Å²) in [6, 6.07) is 11.8. The van der Waals surface area contributed by atoms with Crippen molar-refractivity contribution in [1.82, 2.24) is 4.57 Å². The zero-order valence-electron chi connectivity index (χ0n) is 14.4. The third-order valence-electron chi connectivity index (χ3n) is 4.25. The standard InChI is InChI=1S/C20H21NO3/c1-13-5-7-14(8-6-13)9-17(22)20-16-11-19(24-4)18(23-3)10-15(16)12-21(20)2/h5-8,10-12H,9H2,1-4H3. The van der Waals surface area contributed by atoms with Crippen molar-refractivity contribution in [3.05, 3.63) is 59.4 Å². The van der Waals surface area contributed by atoms with Gasteiger partial charge in [0.05, 0.1) is 19.9 Å². The van der Waals surface area contributed by atoms with Crippen LogP contribution in [0, 0.1) is 6.92 Å². The number of nitrogens with zero attached hydrogens (tertiary/aromatic N) is 1. The number of rotatable bonds is 5. The quantitative estimate of drug-likeness (QED) is 0.668. The molecule has 2 aromatic carbocycles. The molecule has 0 N–H and O–H groups in total. The predicted molar refractivity (Wildman–Crippen MR) is 95.2 cm³/mol. The molecule has 1 heterocycles. The number of hydrogen-bond acceptors (Lipinski definition) is 3. The van der Waals surface area contributed by atoms with Crippen LogP contribution in [0.15, 0.2) is 42.6 Å². The molecule has 0 aliphatic heterocycles. The lowest BCUT2D eigenvalue weighted by atomic mass is 10.0. The maximum Gasteiger partial charge on any atom is 0.184 e. The summed E-state index contributed by atoms with van der Waals surface area (Å²) in [5, 5.41) is 1.84. The molecule has 0 aliphatic rings. The van der Waals surface area contributed by atoms with Crippen LogP contribution >= 0.6 is 0 Å². The first kappa shape index (κ1) is 16.1. The van der Waals surface area contributed by atoms with E-state index in [1.54, 1.807) is 14.2 Å². The second kappa shape index (κ2) is 6.40. The fraction of sp³-hybridized carbons (Fsp3) is 0.250. The Balaban J connectivity index is 2.03. The molecule has 124 valence electrons. The van der Waals surface area contributed by atoms with E-state index in [0.717, 1.165) is 16.3 Å². The van der Waals surface area contributed by atoms with Gasteiger partial charge in [-0.3, -0.25) is 4.79 Å². The highest BCUT2D eigenvalue weighted by Crippen LogP contribution is 2.34. The van der Waals surface area contributed by atoms with Crippen LogP contribution < -0.4 is 9.47 Å². The molecule has 3 aromatic rings. The van der Waals surface area contributed by atoms with E-state index in [0.29, 0.717) is 23.6 Å². The van der Waals surface area contributed by atoms with Crippen LogP contribution in [0.5, 0.6) is 11.5 Å². The molecule has 0 spiro atoms. The van der Waals surface area contributed by atoms with Crippen molar-refractivity contribution in [2.75, 3.05) is 14.2 Å². The highest BCUT2D eigenvalue weighted by molar-refractivity contribution is 6.09. The average molecular weight is 323 g/mol. The number of fused-ring (bicyclic) bond motifs is 1. The van der Waals surface area contributed by atoms with Crippen molar-refractivity contribution in [3.63, 3.8) is 0 Å². The Morgan fingerprint density at radius 3 is 2.29 bits per heavy atom. The zero-order chi connectivity index (χ0) is 17.3. The molecule has 0 amide bonds. The van der Waals surface area contributed by atoms with Gasteiger partial charge in [0.2, 0.25) is 0 Å². The Morgan fingerprint density at radius 2 is 1.67 bits per heavy atom. The molecule has 0 saturated heterocycles. The first-order chi connectivity index (χ1) is 11.5. The highest BCUT2D eigenvalue weighted by Gasteiger charge is 2.18. The van der Waals surface area contributed by atoms with E-state index in [9.17, 15) is 4.79 Å². The largest absolute Gasteiger partial charge is 0.493 e. The van der Waals surface area contributed by atoms with Gasteiger partial charge in [-0.1, -0.05) is 29.8 Å². The number of aromatic nitrogens is 1. The minimum atomic E-state index is 0.0866. The van der Waals surface area contributed by atoms with Gasteiger partial charge in [-0.25, -0.2) is 0 Å². The number of methoxy groups -OCH3 is 2. The third kappa shape index (κ3) is 2.87. The molecule has 0 aliphatic carbocycles. The van der Waals surface area contributed by atoms with E-state index in [4.69, 9.17) is 9.47 Å².